The van der Waals surface area contributed by atoms with E-state index in [0.29, 0.717) is 4.75 Å². The van der Waals surface area contributed by atoms with E-state index in [2.05, 4.69) is 47.6 Å². The molecule has 0 saturated carbocycles. The zero-order valence-electron chi connectivity index (χ0n) is 11.9. The predicted molar refractivity (Wildman–Crippen MR) is 85.9 cm³/mol. The van der Waals surface area contributed by atoms with Crippen LogP contribution in [0.25, 0.3) is 0 Å². The van der Waals surface area contributed by atoms with E-state index in [0.717, 1.165) is 5.25 Å². The van der Waals surface area contributed by atoms with Gasteiger partial charge in [0.1, 0.15) is 0 Å². The van der Waals surface area contributed by atoms with Gasteiger partial charge in [-0.2, -0.15) is 23.5 Å². The SMILES string of the molecule is CC1(C)CCN(CCSC2CCNCC2)CCS1. The van der Waals surface area contributed by atoms with Crippen molar-refractivity contribution in [3.05, 3.63) is 0 Å². The average Bonchev–Trinajstić information content (AvgIpc) is 2.52. The van der Waals surface area contributed by atoms with Crippen molar-refractivity contribution >= 4 is 23.5 Å². The first-order chi connectivity index (χ1) is 8.66. The maximum absolute atomic E-state index is 3.45. The average molecular weight is 289 g/mol. The van der Waals surface area contributed by atoms with E-state index in [1.165, 1.54) is 63.5 Å². The fraction of sp³-hybridized carbons (Fsp3) is 1.00. The Balaban J connectivity index is 1.61. The van der Waals surface area contributed by atoms with E-state index < -0.39 is 0 Å². The molecule has 0 aromatic rings. The summed E-state index contributed by atoms with van der Waals surface area (Å²) in [5.41, 5.74) is 0. The van der Waals surface area contributed by atoms with E-state index in [4.69, 9.17) is 0 Å². The molecule has 0 unspecified atom stereocenters. The smallest absolute Gasteiger partial charge is 0.0116 e. The monoisotopic (exact) mass is 288 g/mol. The molecule has 106 valence electrons. The highest BCUT2D eigenvalue weighted by Gasteiger charge is 2.23. The first-order valence-electron chi connectivity index (χ1n) is 7.34. The third-order valence-corrected chi connectivity index (χ3v) is 6.71. The Bertz CT molecular complexity index is 240. The van der Waals surface area contributed by atoms with E-state index >= 15 is 0 Å². The van der Waals surface area contributed by atoms with Crippen LogP contribution < -0.4 is 5.32 Å². The summed E-state index contributed by atoms with van der Waals surface area (Å²) in [4.78, 5) is 2.68. The van der Waals surface area contributed by atoms with E-state index in [1.807, 2.05) is 0 Å². The fourth-order valence-corrected chi connectivity index (χ4v) is 5.00. The molecule has 2 heterocycles. The standard InChI is InChI=1S/C14H28N2S2/c1-14(2)5-8-16(10-12-18-14)9-11-17-13-3-6-15-7-4-13/h13,15H,3-12H2,1-2H3. The van der Waals surface area contributed by atoms with Crippen molar-refractivity contribution in [1.29, 1.82) is 0 Å². The highest BCUT2D eigenvalue weighted by Crippen LogP contribution is 2.30. The van der Waals surface area contributed by atoms with Gasteiger partial charge < -0.3 is 10.2 Å². The molecule has 2 aliphatic rings. The van der Waals surface area contributed by atoms with Gasteiger partial charge in [-0.05, 0) is 38.9 Å². The summed E-state index contributed by atoms with van der Waals surface area (Å²) in [6.45, 7) is 11.1. The van der Waals surface area contributed by atoms with Crippen molar-refractivity contribution in [2.45, 2.75) is 43.1 Å². The maximum atomic E-state index is 3.45. The number of thioether (sulfide) groups is 2. The van der Waals surface area contributed by atoms with Crippen molar-refractivity contribution in [3.63, 3.8) is 0 Å². The first kappa shape index (κ1) is 15.0. The second-order valence-corrected chi connectivity index (χ2v) is 9.23. The lowest BCUT2D eigenvalue weighted by Gasteiger charge is -2.25. The second-order valence-electron chi connectivity index (χ2n) is 6.02. The van der Waals surface area contributed by atoms with Gasteiger partial charge in [-0.25, -0.2) is 0 Å². The summed E-state index contributed by atoms with van der Waals surface area (Å²) in [5, 5.41) is 4.37. The predicted octanol–water partition coefficient (Wildman–Crippen LogP) is 2.69. The second kappa shape index (κ2) is 7.41. The van der Waals surface area contributed by atoms with Crippen molar-refractivity contribution in [3.8, 4) is 0 Å². The van der Waals surface area contributed by atoms with Crippen LogP contribution in [0.5, 0.6) is 0 Å². The molecule has 1 N–H and O–H groups in total. The number of hydrogen-bond acceptors (Lipinski definition) is 4. The third-order valence-electron chi connectivity index (χ3n) is 3.98. The topological polar surface area (TPSA) is 15.3 Å². The van der Waals surface area contributed by atoms with Crippen LogP contribution in [-0.2, 0) is 0 Å². The van der Waals surface area contributed by atoms with Crippen molar-refractivity contribution in [2.75, 3.05) is 44.2 Å². The largest absolute Gasteiger partial charge is 0.317 e. The van der Waals surface area contributed by atoms with Crippen LogP contribution in [0.2, 0.25) is 0 Å². The molecule has 0 amide bonds. The lowest BCUT2D eigenvalue weighted by Crippen LogP contribution is -2.32. The molecule has 0 spiro atoms. The number of rotatable bonds is 4. The molecule has 2 saturated heterocycles. The van der Waals surface area contributed by atoms with Crippen LogP contribution in [0.15, 0.2) is 0 Å². The number of nitrogens with one attached hydrogen (secondary N) is 1. The molecule has 0 aromatic carbocycles. The Kier molecular flexibility index (Phi) is 6.19. The third kappa shape index (κ3) is 5.32. The summed E-state index contributed by atoms with van der Waals surface area (Å²) in [6, 6.07) is 0. The summed E-state index contributed by atoms with van der Waals surface area (Å²) in [6.07, 6.45) is 4.08. The quantitative estimate of drug-likeness (QED) is 0.855. The van der Waals surface area contributed by atoms with Crippen molar-refractivity contribution < 1.29 is 0 Å². The van der Waals surface area contributed by atoms with Crippen LogP contribution >= 0.6 is 23.5 Å². The first-order valence-corrected chi connectivity index (χ1v) is 9.38. The molecule has 0 aliphatic carbocycles. The highest BCUT2D eigenvalue weighted by molar-refractivity contribution is 8.00. The molecule has 2 aliphatic heterocycles. The summed E-state index contributed by atoms with van der Waals surface area (Å²) in [5.74, 6) is 2.64. The van der Waals surface area contributed by atoms with Crippen LogP contribution in [0.3, 0.4) is 0 Å². The van der Waals surface area contributed by atoms with E-state index in [-0.39, 0.29) is 0 Å². The normalized spacial score (nSPS) is 27.0. The van der Waals surface area contributed by atoms with Gasteiger partial charge in [-0.3, -0.25) is 0 Å². The number of hydrogen-bond donors (Lipinski definition) is 1. The molecule has 4 heteroatoms. The van der Waals surface area contributed by atoms with Gasteiger partial charge >= 0.3 is 0 Å². The van der Waals surface area contributed by atoms with Crippen LogP contribution in [0.4, 0.5) is 0 Å². The molecular formula is C14H28N2S2. The lowest BCUT2D eigenvalue weighted by molar-refractivity contribution is 0.301. The van der Waals surface area contributed by atoms with Gasteiger partial charge in [0.05, 0.1) is 0 Å². The minimum absolute atomic E-state index is 0.497. The Hall–Kier alpha value is 0.620. The van der Waals surface area contributed by atoms with Gasteiger partial charge in [-0.15, -0.1) is 0 Å². The van der Waals surface area contributed by atoms with Crippen LogP contribution in [0, 0.1) is 0 Å². The zero-order valence-corrected chi connectivity index (χ0v) is 13.5. The molecule has 2 rings (SSSR count). The summed E-state index contributed by atoms with van der Waals surface area (Å²) < 4.78 is 0.497. The van der Waals surface area contributed by atoms with E-state index in [9.17, 15) is 0 Å². The highest BCUT2D eigenvalue weighted by atomic mass is 32.2. The van der Waals surface area contributed by atoms with Gasteiger partial charge in [-0.1, -0.05) is 13.8 Å². The lowest BCUT2D eigenvalue weighted by atomic mass is 10.1. The molecule has 2 fully saturated rings. The molecule has 0 radical (unpaired) electrons. The molecule has 2 nitrogen and oxygen atoms in total. The summed E-state index contributed by atoms with van der Waals surface area (Å²) in [7, 11) is 0. The minimum Gasteiger partial charge on any atom is -0.317 e. The Morgan fingerprint density at radius 2 is 2.06 bits per heavy atom. The van der Waals surface area contributed by atoms with Gasteiger partial charge in [0.15, 0.2) is 0 Å². The van der Waals surface area contributed by atoms with Crippen LogP contribution in [-0.4, -0.2) is 59.1 Å². The number of nitrogens with zero attached hydrogens (tertiary/aromatic N) is 1. The Morgan fingerprint density at radius 1 is 1.28 bits per heavy atom. The van der Waals surface area contributed by atoms with Gasteiger partial charge in [0.25, 0.3) is 0 Å². The van der Waals surface area contributed by atoms with Crippen molar-refractivity contribution in [1.82, 2.24) is 10.2 Å². The number of piperidine rings is 1. The summed E-state index contributed by atoms with van der Waals surface area (Å²) >= 11 is 4.36. The molecule has 0 atom stereocenters. The van der Waals surface area contributed by atoms with Crippen molar-refractivity contribution in [2.24, 2.45) is 0 Å². The van der Waals surface area contributed by atoms with E-state index in [1.54, 1.807) is 0 Å². The Morgan fingerprint density at radius 3 is 2.83 bits per heavy atom. The molecule has 18 heavy (non-hydrogen) atoms. The fourth-order valence-electron chi connectivity index (χ4n) is 2.60. The molecule has 0 aromatic heterocycles. The molecule has 0 bridgehead atoms. The maximum Gasteiger partial charge on any atom is 0.0116 e. The minimum atomic E-state index is 0.497. The van der Waals surface area contributed by atoms with Crippen LogP contribution in [0.1, 0.15) is 33.1 Å². The van der Waals surface area contributed by atoms with Gasteiger partial charge in [0.2, 0.25) is 0 Å². The zero-order chi connectivity index (χ0) is 12.8. The Labute approximate surface area is 121 Å². The van der Waals surface area contributed by atoms with Gasteiger partial charge in [0, 0.05) is 34.6 Å². The molecular weight excluding hydrogens is 260 g/mol.